The maximum atomic E-state index is 13.2. The minimum atomic E-state index is -0.213. The van der Waals surface area contributed by atoms with Gasteiger partial charge in [-0.3, -0.25) is 9.59 Å². The Morgan fingerprint density at radius 2 is 1.88 bits per heavy atom. The number of hydrogen-bond donors (Lipinski definition) is 1. The van der Waals surface area contributed by atoms with Gasteiger partial charge < -0.3 is 10.2 Å². The molecule has 3 rings (SSSR count). The number of benzene rings is 2. The fraction of sp³-hybridized carbons (Fsp3) is 0.263. The van der Waals surface area contributed by atoms with E-state index in [0.29, 0.717) is 5.75 Å². The van der Waals surface area contributed by atoms with E-state index in [2.05, 4.69) is 5.32 Å². The highest BCUT2D eigenvalue weighted by atomic mass is 32.2. The lowest BCUT2D eigenvalue weighted by atomic mass is 9.99. The van der Waals surface area contributed by atoms with E-state index in [-0.39, 0.29) is 24.3 Å². The number of nitrogens with zero attached hydrogens (tertiary/aromatic N) is 1. The van der Waals surface area contributed by atoms with Gasteiger partial charge in [0.15, 0.2) is 0 Å². The molecule has 4 nitrogen and oxygen atoms in total. The number of carbonyl (C=O) groups is 2. The normalized spacial score (nSPS) is 15.7. The summed E-state index contributed by atoms with van der Waals surface area (Å²) < 4.78 is 0. The summed E-state index contributed by atoms with van der Waals surface area (Å²) in [5, 5.41) is 2.61. The SMILES string of the molecule is CNC(=O)CN(C(=O)C1CSc2ccccc21)c1ccccc1C. The highest BCUT2D eigenvalue weighted by Gasteiger charge is 2.33. The van der Waals surface area contributed by atoms with Crippen molar-refractivity contribution in [1.82, 2.24) is 5.32 Å². The second kappa shape index (κ2) is 7.09. The molecule has 2 amide bonds. The summed E-state index contributed by atoms with van der Waals surface area (Å²) in [6.07, 6.45) is 0. The summed E-state index contributed by atoms with van der Waals surface area (Å²) in [4.78, 5) is 28.0. The van der Waals surface area contributed by atoms with E-state index >= 15 is 0 Å². The number of rotatable bonds is 4. The summed E-state index contributed by atoms with van der Waals surface area (Å²) in [5.74, 6) is 0.306. The van der Waals surface area contributed by atoms with Crippen molar-refractivity contribution in [3.05, 3.63) is 59.7 Å². The average Bonchev–Trinajstić information content (AvgIpc) is 3.03. The van der Waals surface area contributed by atoms with E-state index in [9.17, 15) is 9.59 Å². The first kappa shape index (κ1) is 16.6. The molecule has 1 N–H and O–H groups in total. The zero-order chi connectivity index (χ0) is 17.1. The molecule has 1 atom stereocenters. The van der Waals surface area contributed by atoms with Crippen molar-refractivity contribution >= 4 is 29.3 Å². The number of thioether (sulfide) groups is 1. The highest BCUT2D eigenvalue weighted by molar-refractivity contribution is 7.99. The topological polar surface area (TPSA) is 49.4 Å². The van der Waals surface area contributed by atoms with Gasteiger partial charge in [0.2, 0.25) is 11.8 Å². The van der Waals surface area contributed by atoms with Crippen LogP contribution in [-0.4, -0.2) is 31.2 Å². The number of carbonyl (C=O) groups excluding carboxylic acids is 2. The maximum absolute atomic E-state index is 13.2. The Hall–Kier alpha value is -2.27. The van der Waals surface area contributed by atoms with Crippen LogP contribution in [0.2, 0.25) is 0 Å². The predicted molar refractivity (Wildman–Crippen MR) is 97.5 cm³/mol. The average molecular weight is 340 g/mol. The Bertz CT molecular complexity index is 775. The molecule has 124 valence electrons. The zero-order valence-electron chi connectivity index (χ0n) is 13.8. The molecule has 1 unspecified atom stereocenters. The molecular formula is C19H20N2O2S. The lowest BCUT2D eigenvalue weighted by Gasteiger charge is -2.26. The molecule has 0 spiro atoms. The summed E-state index contributed by atoms with van der Waals surface area (Å²) in [6, 6.07) is 15.7. The lowest BCUT2D eigenvalue weighted by molar-refractivity contribution is -0.124. The minimum absolute atomic E-state index is 0.0228. The first-order chi connectivity index (χ1) is 11.6. The molecule has 1 heterocycles. The number of para-hydroxylation sites is 1. The van der Waals surface area contributed by atoms with Crippen LogP contribution in [0, 0.1) is 6.92 Å². The Morgan fingerprint density at radius 1 is 1.17 bits per heavy atom. The van der Waals surface area contributed by atoms with E-state index in [4.69, 9.17) is 0 Å². The van der Waals surface area contributed by atoms with Crippen LogP contribution in [0.3, 0.4) is 0 Å². The Balaban J connectivity index is 1.96. The number of aryl methyl sites for hydroxylation is 1. The zero-order valence-corrected chi connectivity index (χ0v) is 14.6. The molecule has 2 aromatic rings. The van der Waals surface area contributed by atoms with Gasteiger partial charge in [0.05, 0.1) is 5.92 Å². The third kappa shape index (κ3) is 3.17. The van der Waals surface area contributed by atoms with Crippen molar-refractivity contribution in [3.8, 4) is 0 Å². The summed E-state index contributed by atoms with van der Waals surface area (Å²) in [6.45, 7) is 1.99. The van der Waals surface area contributed by atoms with Crippen LogP contribution in [0.5, 0.6) is 0 Å². The largest absolute Gasteiger partial charge is 0.358 e. The van der Waals surface area contributed by atoms with E-state index in [1.54, 1.807) is 23.7 Å². The van der Waals surface area contributed by atoms with E-state index in [1.807, 2.05) is 55.5 Å². The molecule has 0 aromatic heterocycles. The van der Waals surface area contributed by atoms with Crippen molar-refractivity contribution in [2.75, 3.05) is 24.2 Å². The number of amides is 2. The fourth-order valence-corrected chi connectivity index (χ4v) is 4.15. The van der Waals surface area contributed by atoms with Gasteiger partial charge in [-0.05, 0) is 30.2 Å². The van der Waals surface area contributed by atoms with Crippen molar-refractivity contribution in [1.29, 1.82) is 0 Å². The summed E-state index contributed by atoms with van der Waals surface area (Å²) in [5.41, 5.74) is 2.83. The Morgan fingerprint density at radius 3 is 2.62 bits per heavy atom. The van der Waals surface area contributed by atoms with Gasteiger partial charge in [-0.25, -0.2) is 0 Å². The van der Waals surface area contributed by atoms with Gasteiger partial charge in [0.25, 0.3) is 0 Å². The van der Waals surface area contributed by atoms with Gasteiger partial charge >= 0.3 is 0 Å². The molecule has 0 saturated carbocycles. The van der Waals surface area contributed by atoms with Crippen molar-refractivity contribution in [2.24, 2.45) is 0 Å². The smallest absolute Gasteiger partial charge is 0.239 e. The van der Waals surface area contributed by atoms with Gasteiger partial charge in [-0.1, -0.05) is 36.4 Å². The van der Waals surface area contributed by atoms with Gasteiger partial charge in [0, 0.05) is 23.4 Å². The third-order valence-electron chi connectivity index (χ3n) is 4.25. The Labute approximate surface area is 146 Å². The summed E-state index contributed by atoms with van der Waals surface area (Å²) >= 11 is 1.70. The fourth-order valence-electron chi connectivity index (χ4n) is 2.93. The maximum Gasteiger partial charge on any atom is 0.239 e. The molecule has 0 aliphatic carbocycles. The van der Waals surface area contributed by atoms with Crippen molar-refractivity contribution in [2.45, 2.75) is 17.7 Å². The number of likely N-dealkylation sites (N-methyl/N-ethyl adjacent to an activating group) is 1. The van der Waals surface area contributed by atoms with Crippen LogP contribution in [0.15, 0.2) is 53.4 Å². The van der Waals surface area contributed by atoms with Crippen molar-refractivity contribution < 1.29 is 9.59 Å². The highest BCUT2D eigenvalue weighted by Crippen LogP contribution is 2.40. The molecule has 1 aliphatic rings. The van der Waals surface area contributed by atoms with Crippen LogP contribution in [0.4, 0.5) is 5.69 Å². The number of anilines is 1. The van der Waals surface area contributed by atoms with Crippen LogP contribution in [0.1, 0.15) is 17.0 Å². The van der Waals surface area contributed by atoms with E-state index in [1.165, 1.54) is 0 Å². The molecule has 5 heteroatoms. The molecule has 0 radical (unpaired) electrons. The van der Waals surface area contributed by atoms with Gasteiger partial charge in [-0.15, -0.1) is 11.8 Å². The third-order valence-corrected chi connectivity index (χ3v) is 5.43. The molecule has 0 saturated heterocycles. The first-order valence-electron chi connectivity index (χ1n) is 7.91. The molecule has 0 bridgehead atoms. The Kier molecular flexibility index (Phi) is 4.90. The number of nitrogens with one attached hydrogen (secondary N) is 1. The number of fused-ring (bicyclic) bond motifs is 1. The second-order valence-electron chi connectivity index (χ2n) is 5.79. The van der Waals surface area contributed by atoms with E-state index < -0.39 is 0 Å². The molecule has 0 fully saturated rings. The summed E-state index contributed by atoms with van der Waals surface area (Å²) in [7, 11) is 1.59. The van der Waals surface area contributed by atoms with Crippen LogP contribution in [0.25, 0.3) is 0 Å². The minimum Gasteiger partial charge on any atom is -0.358 e. The first-order valence-corrected chi connectivity index (χ1v) is 8.89. The van der Waals surface area contributed by atoms with Gasteiger partial charge in [0.1, 0.15) is 6.54 Å². The van der Waals surface area contributed by atoms with E-state index in [0.717, 1.165) is 21.7 Å². The standard InChI is InChI=1S/C19H20N2O2S/c1-13-7-3-5-9-16(13)21(11-18(22)20-2)19(23)15-12-24-17-10-6-4-8-14(15)17/h3-10,15H,11-12H2,1-2H3,(H,20,22). The molecule has 2 aromatic carbocycles. The second-order valence-corrected chi connectivity index (χ2v) is 6.85. The van der Waals surface area contributed by atoms with Gasteiger partial charge in [-0.2, -0.15) is 0 Å². The van der Waals surface area contributed by atoms with Crippen LogP contribution < -0.4 is 10.2 Å². The monoisotopic (exact) mass is 340 g/mol. The van der Waals surface area contributed by atoms with Crippen LogP contribution >= 0.6 is 11.8 Å². The molecule has 24 heavy (non-hydrogen) atoms. The quantitative estimate of drug-likeness (QED) is 0.931. The lowest BCUT2D eigenvalue weighted by Crippen LogP contribution is -2.42. The predicted octanol–water partition coefficient (Wildman–Crippen LogP) is 2.96. The molecule has 1 aliphatic heterocycles. The van der Waals surface area contributed by atoms with Crippen molar-refractivity contribution in [3.63, 3.8) is 0 Å². The molecular weight excluding hydrogens is 320 g/mol. The number of hydrogen-bond acceptors (Lipinski definition) is 3. The van der Waals surface area contributed by atoms with Crippen LogP contribution in [-0.2, 0) is 9.59 Å².